The highest BCUT2D eigenvalue weighted by Crippen LogP contribution is 2.18. The Hall–Kier alpha value is -2.09. The second kappa shape index (κ2) is 5.91. The molecule has 2 aromatic rings. The van der Waals surface area contributed by atoms with E-state index in [9.17, 15) is 4.79 Å². The van der Waals surface area contributed by atoms with E-state index in [4.69, 9.17) is 0 Å². The summed E-state index contributed by atoms with van der Waals surface area (Å²) in [6.07, 6.45) is 0. The summed E-state index contributed by atoms with van der Waals surface area (Å²) in [5.41, 5.74) is 5.22. The number of carbonyl (C=O) groups excluding carboxylic acids is 1. The van der Waals surface area contributed by atoms with Crippen molar-refractivity contribution in [2.75, 3.05) is 0 Å². The van der Waals surface area contributed by atoms with Crippen LogP contribution in [0.4, 0.5) is 0 Å². The monoisotopic (exact) mass is 267 g/mol. The molecular formula is C18H21NO. The van der Waals surface area contributed by atoms with Crippen molar-refractivity contribution in [1.29, 1.82) is 0 Å². The number of rotatable bonds is 3. The van der Waals surface area contributed by atoms with Crippen molar-refractivity contribution in [2.45, 2.75) is 33.7 Å². The van der Waals surface area contributed by atoms with Gasteiger partial charge in [0, 0.05) is 5.56 Å². The van der Waals surface area contributed by atoms with Crippen molar-refractivity contribution < 1.29 is 4.79 Å². The maximum atomic E-state index is 12.4. The standard InChI is InChI=1S/C18H21NO/c1-12-9-10-14(3)17(11-12)18(20)19-15(4)16-8-6-5-7-13(16)2/h5-11,15H,1-4H3,(H,19,20)/t15-/m1/s1. The van der Waals surface area contributed by atoms with Crippen LogP contribution in [0.3, 0.4) is 0 Å². The molecule has 0 aromatic heterocycles. The Morgan fingerprint density at radius 2 is 1.70 bits per heavy atom. The van der Waals surface area contributed by atoms with Gasteiger partial charge in [-0.2, -0.15) is 0 Å². The molecule has 0 radical (unpaired) electrons. The molecule has 1 amide bonds. The highest BCUT2D eigenvalue weighted by Gasteiger charge is 2.14. The summed E-state index contributed by atoms with van der Waals surface area (Å²) in [5.74, 6) is -0.0121. The van der Waals surface area contributed by atoms with Gasteiger partial charge in [-0.15, -0.1) is 0 Å². The molecule has 0 aliphatic carbocycles. The second-order valence-electron chi connectivity index (χ2n) is 5.37. The Bertz CT molecular complexity index is 631. The Morgan fingerprint density at radius 1 is 1.00 bits per heavy atom. The predicted molar refractivity (Wildman–Crippen MR) is 83.0 cm³/mol. The van der Waals surface area contributed by atoms with Crippen LogP contribution in [0.15, 0.2) is 42.5 Å². The second-order valence-corrected chi connectivity index (χ2v) is 5.37. The zero-order chi connectivity index (χ0) is 14.7. The molecule has 0 saturated carbocycles. The topological polar surface area (TPSA) is 29.1 Å². The molecule has 2 nitrogen and oxygen atoms in total. The third-order valence-corrected chi connectivity index (χ3v) is 3.64. The minimum Gasteiger partial charge on any atom is -0.345 e. The highest BCUT2D eigenvalue weighted by molar-refractivity contribution is 5.96. The lowest BCUT2D eigenvalue weighted by molar-refractivity contribution is 0.0939. The van der Waals surface area contributed by atoms with E-state index in [1.807, 2.05) is 51.1 Å². The molecule has 0 aliphatic heterocycles. The van der Waals surface area contributed by atoms with Crippen LogP contribution in [-0.2, 0) is 0 Å². The van der Waals surface area contributed by atoms with Gasteiger partial charge in [-0.3, -0.25) is 4.79 Å². The molecule has 1 atom stereocenters. The molecule has 1 N–H and O–H groups in total. The first-order valence-corrected chi connectivity index (χ1v) is 6.92. The van der Waals surface area contributed by atoms with Crippen LogP contribution >= 0.6 is 0 Å². The summed E-state index contributed by atoms with van der Waals surface area (Å²) in [4.78, 5) is 12.4. The molecule has 0 heterocycles. The van der Waals surface area contributed by atoms with Crippen molar-refractivity contribution >= 4 is 5.91 Å². The lowest BCUT2D eigenvalue weighted by Crippen LogP contribution is -2.27. The van der Waals surface area contributed by atoms with Gasteiger partial charge in [-0.1, -0.05) is 42.0 Å². The van der Waals surface area contributed by atoms with Gasteiger partial charge in [0.1, 0.15) is 0 Å². The van der Waals surface area contributed by atoms with Crippen LogP contribution < -0.4 is 5.32 Å². The lowest BCUT2D eigenvalue weighted by Gasteiger charge is -2.17. The first kappa shape index (κ1) is 14.3. The van der Waals surface area contributed by atoms with Crippen molar-refractivity contribution in [1.82, 2.24) is 5.32 Å². The number of benzene rings is 2. The summed E-state index contributed by atoms with van der Waals surface area (Å²) >= 11 is 0. The molecule has 0 aliphatic rings. The van der Waals surface area contributed by atoms with Gasteiger partial charge < -0.3 is 5.32 Å². The molecule has 0 fully saturated rings. The quantitative estimate of drug-likeness (QED) is 0.891. The molecule has 0 unspecified atom stereocenters. The Kier molecular flexibility index (Phi) is 4.23. The minimum absolute atomic E-state index is 0.00334. The largest absolute Gasteiger partial charge is 0.345 e. The van der Waals surface area contributed by atoms with E-state index in [1.165, 1.54) is 5.56 Å². The molecule has 0 bridgehead atoms. The van der Waals surface area contributed by atoms with Crippen molar-refractivity contribution in [2.24, 2.45) is 0 Å². The van der Waals surface area contributed by atoms with Gasteiger partial charge in [0.25, 0.3) is 5.91 Å². The smallest absolute Gasteiger partial charge is 0.252 e. The SMILES string of the molecule is Cc1ccc(C)c(C(=O)N[C@H](C)c2ccccc2C)c1. The predicted octanol–water partition coefficient (Wildman–Crippen LogP) is 4.10. The molecule has 2 rings (SSSR count). The van der Waals surface area contributed by atoms with E-state index in [-0.39, 0.29) is 11.9 Å². The summed E-state index contributed by atoms with van der Waals surface area (Å²) in [5, 5.41) is 3.08. The number of aryl methyl sites for hydroxylation is 3. The van der Waals surface area contributed by atoms with E-state index < -0.39 is 0 Å². The van der Waals surface area contributed by atoms with Gasteiger partial charge in [0.2, 0.25) is 0 Å². The molecule has 0 spiro atoms. The van der Waals surface area contributed by atoms with E-state index in [0.717, 1.165) is 22.3 Å². The van der Waals surface area contributed by atoms with Gasteiger partial charge in [-0.25, -0.2) is 0 Å². The van der Waals surface area contributed by atoms with E-state index in [2.05, 4.69) is 24.4 Å². The zero-order valence-electron chi connectivity index (χ0n) is 12.5. The number of hydrogen-bond donors (Lipinski definition) is 1. The van der Waals surface area contributed by atoms with Crippen LogP contribution in [0, 0.1) is 20.8 Å². The minimum atomic E-state index is -0.0121. The average molecular weight is 267 g/mol. The summed E-state index contributed by atoms with van der Waals surface area (Å²) in [6.45, 7) is 8.05. The van der Waals surface area contributed by atoms with Gasteiger partial charge in [0.15, 0.2) is 0 Å². The summed E-state index contributed by atoms with van der Waals surface area (Å²) < 4.78 is 0. The third-order valence-electron chi connectivity index (χ3n) is 3.64. The number of hydrogen-bond acceptors (Lipinski definition) is 1. The lowest BCUT2D eigenvalue weighted by atomic mass is 10.0. The molecule has 2 heteroatoms. The van der Waals surface area contributed by atoms with Gasteiger partial charge >= 0.3 is 0 Å². The molecule has 20 heavy (non-hydrogen) atoms. The average Bonchev–Trinajstić information content (AvgIpc) is 2.41. The van der Waals surface area contributed by atoms with Crippen LogP contribution in [0.5, 0.6) is 0 Å². The van der Waals surface area contributed by atoms with Crippen molar-refractivity contribution in [3.8, 4) is 0 Å². The number of nitrogens with one attached hydrogen (secondary N) is 1. The third kappa shape index (κ3) is 3.08. The first-order valence-electron chi connectivity index (χ1n) is 6.92. The fraction of sp³-hybridized carbons (Fsp3) is 0.278. The molecule has 2 aromatic carbocycles. The molecule has 104 valence electrons. The maximum Gasteiger partial charge on any atom is 0.252 e. The fourth-order valence-electron chi connectivity index (χ4n) is 2.41. The van der Waals surface area contributed by atoms with Gasteiger partial charge in [0.05, 0.1) is 6.04 Å². The van der Waals surface area contributed by atoms with Crippen molar-refractivity contribution in [3.63, 3.8) is 0 Å². The molecular weight excluding hydrogens is 246 g/mol. The van der Waals surface area contributed by atoms with Crippen molar-refractivity contribution in [3.05, 3.63) is 70.3 Å². The normalized spacial score (nSPS) is 12.0. The number of carbonyl (C=O) groups is 1. The zero-order valence-corrected chi connectivity index (χ0v) is 12.5. The summed E-state index contributed by atoms with van der Waals surface area (Å²) in [6, 6.07) is 14.1. The highest BCUT2D eigenvalue weighted by atomic mass is 16.1. The van der Waals surface area contributed by atoms with Crippen LogP contribution in [-0.4, -0.2) is 5.91 Å². The number of amides is 1. The first-order chi connectivity index (χ1) is 9.49. The summed E-state index contributed by atoms with van der Waals surface area (Å²) in [7, 11) is 0. The van der Waals surface area contributed by atoms with Crippen LogP contribution in [0.1, 0.15) is 45.6 Å². The Morgan fingerprint density at radius 3 is 2.40 bits per heavy atom. The maximum absolute atomic E-state index is 12.4. The Balaban J connectivity index is 2.20. The van der Waals surface area contributed by atoms with E-state index in [0.29, 0.717) is 0 Å². The van der Waals surface area contributed by atoms with Crippen LogP contribution in [0.25, 0.3) is 0 Å². The fourth-order valence-corrected chi connectivity index (χ4v) is 2.41. The van der Waals surface area contributed by atoms with Gasteiger partial charge in [-0.05, 0) is 50.5 Å². The Labute approximate surface area is 120 Å². The van der Waals surface area contributed by atoms with Crippen LogP contribution in [0.2, 0.25) is 0 Å². The molecule has 0 saturated heterocycles. The van der Waals surface area contributed by atoms with E-state index >= 15 is 0 Å². The van der Waals surface area contributed by atoms with E-state index in [1.54, 1.807) is 0 Å².